The number of nitro benzene ring substituents is 1. The molecule has 1 aromatic rings. The van der Waals surface area contributed by atoms with E-state index in [4.69, 9.17) is 0 Å². The van der Waals surface area contributed by atoms with Gasteiger partial charge in [0.25, 0.3) is 11.6 Å². The maximum Gasteiger partial charge on any atom is 0.293 e. The van der Waals surface area contributed by atoms with E-state index in [1.54, 1.807) is 12.1 Å². The molecule has 0 bridgehead atoms. The Bertz CT molecular complexity index is 489. The molecule has 0 spiro atoms. The zero-order valence-electron chi connectivity index (χ0n) is 12.1. The van der Waals surface area contributed by atoms with Crippen LogP contribution in [-0.2, 0) is 0 Å². The molecule has 2 N–H and O–H groups in total. The third-order valence-electron chi connectivity index (χ3n) is 3.13. The van der Waals surface area contributed by atoms with Crippen LogP contribution in [0.4, 0.5) is 11.4 Å². The lowest BCUT2D eigenvalue weighted by Gasteiger charge is -2.11. The number of nitrogens with zero attached hydrogens (tertiary/aromatic N) is 1. The highest BCUT2D eigenvalue weighted by Crippen LogP contribution is 2.25. The van der Waals surface area contributed by atoms with E-state index in [-0.39, 0.29) is 11.6 Å². The van der Waals surface area contributed by atoms with Gasteiger partial charge in [0.15, 0.2) is 0 Å². The summed E-state index contributed by atoms with van der Waals surface area (Å²) in [4.78, 5) is 22.5. The molecule has 6 nitrogen and oxygen atoms in total. The number of benzene rings is 1. The molecule has 1 rings (SSSR count). The van der Waals surface area contributed by atoms with Crippen LogP contribution in [0.15, 0.2) is 18.2 Å². The molecule has 0 fully saturated rings. The summed E-state index contributed by atoms with van der Waals surface area (Å²) in [5.74, 6) is 0.103. The molecule has 0 radical (unpaired) electrons. The van der Waals surface area contributed by atoms with E-state index in [9.17, 15) is 14.9 Å². The number of rotatable bonds is 7. The summed E-state index contributed by atoms with van der Waals surface area (Å²) in [6.45, 7) is 7.10. The molecule has 0 aromatic heterocycles. The van der Waals surface area contributed by atoms with Gasteiger partial charge >= 0.3 is 0 Å². The van der Waals surface area contributed by atoms with E-state index in [1.807, 2.05) is 20.8 Å². The van der Waals surface area contributed by atoms with Gasteiger partial charge in [0.05, 0.1) is 4.92 Å². The summed E-state index contributed by atoms with van der Waals surface area (Å²) >= 11 is 0. The topological polar surface area (TPSA) is 84.3 Å². The highest BCUT2D eigenvalue weighted by Gasteiger charge is 2.17. The van der Waals surface area contributed by atoms with Crippen molar-refractivity contribution in [1.82, 2.24) is 5.32 Å². The van der Waals surface area contributed by atoms with E-state index >= 15 is 0 Å². The molecule has 1 atom stereocenters. The van der Waals surface area contributed by atoms with Crippen molar-refractivity contribution in [3.63, 3.8) is 0 Å². The van der Waals surface area contributed by atoms with Crippen LogP contribution in [0.2, 0.25) is 0 Å². The van der Waals surface area contributed by atoms with Crippen molar-refractivity contribution in [2.24, 2.45) is 5.92 Å². The molecule has 0 saturated carbocycles. The van der Waals surface area contributed by atoms with Crippen molar-refractivity contribution in [3.8, 4) is 0 Å². The first kappa shape index (κ1) is 15.9. The average Bonchev–Trinajstić information content (AvgIpc) is 2.44. The van der Waals surface area contributed by atoms with Gasteiger partial charge in [-0.25, -0.2) is 0 Å². The minimum absolute atomic E-state index is 0.0805. The fourth-order valence-electron chi connectivity index (χ4n) is 1.68. The molecule has 20 heavy (non-hydrogen) atoms. The molecule has 6 heteroatoms. The Kier molecular flexibility index (Phi) is 5.96. The van der Waals surface area contributed by atoms with Gasteiger partial charge < -0.3 is 10.6 Å². The van der Waals surface area contributed by atoms with Crippen LogP contribution in [0.5, 0.6) is 0 Å². The molecular formula is C14H21N3O3. The number of amides is 1. The highest BCUT2D eigenvalue weighted by atomic mass is 16.6. The summed E-state index contributed by atoms with van der Waals surface area (Å²) in [6, 6.07) is 4.47. The second-order valence-corrected chi connectivity index (χ2v) is 4.74. The third kappa shape index (κ3) is 4.22. The monoisotopic (exact) mass is 279 g/mol. The van der Waals surface area contributed by atoms with Gasteiger partial charge in [-0.2, -0.15) is 0 Å². The van der Waals surface area contributed by atoms with Gasteiger partial charge in [0, 0.05) is 24.7 Å². The first-order valence-corrected chi connectivity index (χ1v) is 6.80. The van der Waals surface area contributed by atoms with Crippen molar-refractivity contribution < 1.29 is 9.72 Å². The van der Waals surface area contributed by atoms with E-state index in [0.717, 1.165) is 6.42 Å². The Morgan fingerprint density at radius 1 is 1.40 bits per heavy atom. The molecule has 110 valence electrons. The number of hydrogen-bond donors (Lipinski definition) is 2. The lowest BCUT2D eigenvalue weighted by molar-refractivity contribution is -0.384. The highest BCUT2D eigenvalue weighted by molar-refractivity contribution is 5.95. The molecule has 1 unspecified atom stereocenters. The van der Waals surface area contributed by atoms with E-state index < -0.39 is 4.92 Å². The van der Waals surface area contributed by atoms with Crippen molar-refractivity contribution in [2.45, 2.75) is 27.2 Å². The molecular weight excluding hydrogens is 258 g/mol. The second-order valence-electron chi connectivity index (χ2n) is 4.74. The van der Waals surface area contributed by atoms with Gasteiger partial charge in [-0.1, -0.05) is 20.3 Å². The SMILES string of the molecule is CCNc1ccc(C(=O)NCC(C)CC)cc1[N+](=O)[O-]. The zero-order chi connectivity index (χ0) is 15.1. The predicted molar refractivity (Wildman–Crippen MR) is 79.0 cm³/mol. The molecule has 0 aliphatic heterocycles. The largest absolute Gasteiger partial charge is 0.380 e. The Balaban J connectivity index is 2.88. The van der Waals surface area contributed by atoms with Crippen LogP contribution < -0.4 is 10.6 Å². The van der Waals surface area contributed by atoms with Crippen LogP contribution in [0, 0.1) is 16.0 Å². The Morgan fingerprint density at radius 3 is 2.65 bits per heavy atom. The summed E-state index contributed by atoms with van der Waals surface area (Å²) in [5, 5.41) is 16.7. The minimum Gasteiger partial charge on any atom is -0.380 e. The van der Waals surface area contributed by atoms with Crippen molar-refractivity contribution in [2.75, 3.05) is 18.4 Å². The van der Waals surface area contributed by atoms with E-state index in [1.165, 1.54) is 6.07 Å². The number of carbonyl (C=O) groups is 1. The summed E-state index contributed by atoms with van der Waals surface area (Å²) in [7, 11) is 0. The van der Waals surface area contributed by atoms with Crippen LogP contribution in [0.1, 0.15) is 37.6 Å². The van der Waals surface area contributed by atoms with Gasteiger partial charge in [0.2, 0.25) is 0 Å². The molecule has 1 aromatic carbocycles. The van der Waals surface area contributed by atoms with Crippen LogP contribution in [-0.4, -0.2) is 23.9 Å². The summed E-state index contributed by atoms with van der Waals surface area (Å²) < 4.78 is 0. The zero-order valence-corrected chi connectivity index (χ0v) is 12.1. The first-order valence-electron chi connectivity index (χ1n) is 6.80. The van der Waals surface area contributed by atoms with Gasteiger partial charge in [-0.05, 0) is 25.0 Å². The van der Waals surface area contributed by atoms with Crippen molar-refractivity contribution >= 4 is 17.3 Å². The number of hydrogen-bond acceptors (Lipinski definition) is 4. The van der Waals surface area contributed by atoms with Crippen LogP contribution >= 0.6 is 0 Å². The normalized spacial score (nSPS) is 11.8. The van der Waals surface area contributed by atoms with Crippen molar-refractivity contribution in [1.29, 1.82) is 0 Å². The fraction of sp³-hybridized carbons (Fsp3) is 0.500. The first-order chi connectivity index (χ1) is 9.49. The third-order valence-corrected chi connectivity index (χ3v) is 3.13. The minimum atomic E-state index is -0.483. The number of carbonyl (C=O) groups excluding carboxylic acids is 1. The second kappa shape index (κ2) is 7.47. The smallest absolute Gasteiger partial charge is 0.293 e. The van der Waals surface area contributed by atoms with Gasteiger partial charge in [-0.3, -0.25) is 14.9 Å². The predicted octanol–water partition coefficient (Wildman–Crippen LogP) is 2.80. The lowest BCUT2D eigenvalue weighted by Crippen LogP contribution is -2.28. The van der Waals surface area contributed by atoms with Gasteiger partial charge in [0.1, 0.15) is 5.69 Å². The summed E-state index contributed by atoms with van der Waals surface area (Å²) in [5.41, 5.74) is 0.653. The molecule has 1 amide bonds. The number of nitrogens with one attached hydrogen (secondary N) is 2. The number of anilines is 1. The fourth-order valence-corrected chi connectivity index (χ4v) is 1.68. The van der Waals surface area contributed by atoms with Crippen molar-refractivity contribution in [3.05, 3.63) is 33.9 Å². The Morgan fingerprint density at radius 2 is 2.10 bits per heavy atom. The molecule has 0 aliphatic rings. The van der Waals surface area contributed by atoms with Crippen LogP contribution in [0.3, 0.4) is 0 Å². The summed E-state index contributed by atoms with van der Waals surface area (Å²) in [6.07, 6.45) is 0.972. The molecule has 0 aliphatic carbocycles. The van der Waals surface area contributed by atoms with E-state index in [2.05, 4.69) is 10.6 Å². The maximum atomic E-state index is 12.0. The quantitative estimate of drug-likeness (QED) is 0.593. The molecule has 0 saturated heterocycles. The lowest BCUT2D eigenvalue weighted by atomic mass is 10.1. The maximum absolute atomic E-state index is 12.0. The Labute approximate surface area is 118 Å². The number of nitro groups is 1. The Hall–Kier alpha value is -2.11. The van der Waals surface area contributed by atoms with Gasteiger partial charge in [-0.15, -0.1) is 0 Å². The average molecular weight is 279 g/mol. The molecule has 0 heterocycles. The van der Waals surface area contributed by atoms with E-state index in [0.29, 0.717) is 30.3 Å². The standard InChI is InChI=1S/C14H21N3O3/c1-4-10(3)9-16-14(18)11-6-7-12(15-5-2)13(8-11)17(19)20/h6-8,10,15H,4-5,9H2,1-3H3,(H,16,18). The van der Waals surface area contributed by atoms with Crippen LogP contribution in [0.25, 0.3) is 0 Å².